The number of aliphatic hydroxyl groups excluding tert-OH is 2. The molecule has 1 fully saturated rings. The number of hydrogen-bond acceptors (Lipinski definition) is 5. The molecule has 0 amide bonds. The smallest absolute Gasteiger partial charge is 0.119 e. The van der Waals surface area contributed by atoms with Crippen molar-refractivity contribution in [2.45, 2.75) is 38.8 Å². The van der Waals surface area contributed by atoms with Crippen LogP contribution in [0, 0.1) is 5.41 Å². The largest absolute Gasteiger partial charge is 0.497 e. The highest BCUT2D eigenvalue weighted by Crippen LogP contribution is 2.35. The molecule has 132 valence electrons. The van der Waals surface area contributed by atoms with E-state index < -0.39 is 11.5 Å². The summed E-state index contributed by atoms with van der Waals surface area (Å²) in [7, 11) is 1.66. The quantitative estimate of drug-likeness (QED) is 0.752. The summed E-state index contributed by atoms with van der Waals surface area (Å²) in [6.07, 6.45) is 2.04. The molecule has 24 heavy (non-hydrogen) atoms. The molecule has 6 nitrogen and oxygen atoms in total. The monoisotopic (exact) mass is 333 g/mol. The SMILES string of the molecule is CCC[C@@]1(CO)CN(Cc2[nH]nc3ccc(OC)cc23)CC[C@@H]1O. The first kappa shape index (κ1) is 17.2. The lowest BCUT2D eigenvalue weighted by Crippen LogP contribution is -2.53. The number of methoxy groups -OCH3 is 1. The van der Waals surface area contributed by atoms with E-state index in [0.29, 0.717) is 13.0 Å². The summed E-state index contributed by atoms with van der Waals surface area (Å²) in [5, 5.41) is 28.9. The molecule has 6 heteroatoms. The van der Waals surface area contributed by atoms with E-state index in [1.807, 2.05) is 18.2 Å². The van der Waals surface area contributed by atoms with Crippen molar-refractivity contribution >= 4 is 10.9 Å². The number of likely N-dealkylation sites (tertiary alicyclic amines) is 1. The van der Waals surface area contributed by atoms with E-state index in [-0.39, 0.29) is 6.61 Å². The van der Waals surface area contributed by atoms with Crippen LogP contribution in [0.3, 0.4) is 0 Å². The predicted molar refractivity (Wildman–Crippen MR) is 93.0 cm³/mol. The number of aliphatic hydroxyl groups is 2. The zero-order valence-electron chi connectivity index (χ0n) is 14.5. The van der Waals surface area contributed by atoms with Gasteiger partial charge in [0.05, 0.1) is 31.0 Å². The highest BCUT2D eigenvalue weighted by atomic mass is 16.5. The third-order valence-corrected chi connectivity index (χ3v) is 5.25. The number of hydrogen-bond donors (Lipinski definition) is 3. The Balaban J connectivity index is 1.81. The van der Waals surface area contributed by atoms with Crippen LogP contribution in [0.2, 0.25) is 0 Å². The van der Waals surface area contributed by atoms with Crippen molar-refractivity contribution in [3.05, 3.63) is 23.9 Å². The first-order valence-corrected chi connectivity index (χ1v) is 8.64. The minimum Gasteiger partial charge on any atom is -0.497 e. The molecule has 3 N–H and O–H groups in total. The van der Waals surface area contributed by atoms with E-state index in [0.717, 1.165) is 48.3 Å². The summed E-state index contributed by atoms with van der Waals surface area (Å²) < 4.78 is 5.31. The number of piperidine rings is 1. The van der Waals surface area contributed by atoms with Gasteiger partial charge in [-0.1, -0.05) is 13.3 Å². The van der Waals surface area contributed by atoms with Crippen LogP contribution < -0.4 is 4.74 Å². The second-order valence-electron chi connectivity index (χ2n) is 6.87. The van der Waals surface area contributed by atoms with Crippen LogP contribution >= 0.6 is 0 Å². The molecule has 1 aromatic heterocycles. The van der Waals surface area contributed by atoms with Gasteiger partial charge in [0.1, 0.15) is 5.75 Å². The Morgan fingerprint density at radius 1 is 1.46 bits per heavy atom. The predicted octanol–water partition coefficient (Wildman–Crippen LogP) is 1.92. The molecular formula is C18H27N3O3. The zero-order valence-corrected chi connectivity index (χ0v) is 14.5. The van der Waals surface area contributed by atoms with Crippen molar-refractivity contribution in [3.8, 4) is 5.75 Å². The van der Waals surface area contributed by atoms with E-state index in [1.54, 1.807) is 7.11 Å². The number of H-pyrrole nitrogens is 1. The molecule has 1 aromatic carbocycles. The lowest BCUT2D eigenvalue weighted by Gasteiger charge is -2.45. The van der Waals surface area contributed by atoms with Gasteiger partial charge in [-0.05, 0) is 31.0 Å². The van der Waals surface area contributed by atoms with Crippen molar-refractivity contribution in [1.29, 1.82) is 0 Å². The Bertz CT molecular complexity index is 687. The summed E-state index contributed by atoms with van der Waals surface area (Å²) in [5.41, 5.74) is 1.55. The highest BCUT2D eigenvalue weighted by molar-refractivity contribution is 5.82. The number of nitrogens with zero attached hydrogens (tertiary/aromatic N) is 2. The van der Waals surface area contributed by atoms with Crippen molar-refractivity contribution < 1.29 is 14.9 Å². The molecule has 0 unspecified atom stereocenters. The van der Waals surface area contributed by atoms with Gasteiger partial charge >= 0.3 is 0 Å². The average Bonchev–Trinajstić information content (AvgIpc) is 3.00. The van der Waals surface area contributed by atoms with Crippen molar-refractivity contribution in [2.75, 3.05) is 26.8 Å². The molecule has 0 radical (unpaired) electrons. The number of aromatic amines is 1. The Hall–Kier alpha value is -1.63. The van der Waals surface area contributed by atoms with Crippen LogP contribution in [0.1, 0.15) is 31.9 Å². The first-order valence-electron chi connectivity index (χ1n) is 8.64. The van der Waals surface area contributed by atoms with Crippen LogP contribution in [0.5, 0.6) is 5.75 Å². The topological polar surface area (TPSA) is 81.6 Å². The fourth-order valence-electron chi connectivity index (χ4n) is 3.87. The van der Waals surface area contributed by atoms with Crippen LogP contribution in [-0.4, -0.2) is 58.2 Å². The molecule has 0 saturated carbocycles. The molecule has 1 aliphatic heterocycles. The molecule has 2 atom stereocenters. The van der Waals surface area contributed by atoms with Gasteiger partial charge in [0.25, 0.3) is 0 Å². The molecular weight excluding hydrogens is 306 g/mol. The van der Waals surface area contributed by atoms with Gasteiger partial charge in [-0.15, -0.1) is 0 Å². The Labute approximate surface area is 142 Å². The third kappa shape index (κ3) is 3.14. The zero-order chi connectivity index (χ0) is 17.2. The van der Waals surface area contributed by atoms with E-state index >= 15 is 0 Å². The molecule has 0 aliphatic carbocycles. The van der Waals surface area contributed by atoms with Crippen molar-refractivity contribution in [3.63, 3.8) is 0 Å². The minimum atomic E-state index is -0.433. The number of ether oxygens (including phenoxy) is 1. The van der Waals surface area contributed by atoms with Gasteiger partial charge < -0.3 is 14.9 Å². The maximum Gasteiger partial charge on any atom is 0.119 e. The normalized spacial score (nSPS) is 25.2. The molecule has 2 heterocycles. The van der Waals surface area contributed by atoms with Crippen LogP contribution in [0.4, 0.5) is 0 Å². The van der Waals surface area contributed by atoms with Gasteiger partial charge in [0.15, 0.2) is 0 Å². The standard InChI is InChI=1S/C18H27N3O3/c1-3-7-18(12-22)11-21(8-6-17(18)23)10-16-14-9-13(24-2)4-5-15(14)19-20-16/h4-5,9,17,22-23H,3,6-8,10-12H2,1-2H3,(H,19,20)/t17-,18-/m0/s1. The molecule has 3 rings (SSSR count). The summed E-state index contributed by atoms with van der Waals surface area (Å²) in [6.45, 7) is 4.36. The third-order valence-electron chi connectivity index (χ3n) is 5.25. The van der Waals surface area contributed by atoms with Crippen molar-refractivity contribution in [1.82, 2.24) is 15.1 Å². The maximum absolute atomic E-state index is 10.4. The second-order valence-corrected chi connectivity index (χ2v) is 6.87. The Morgan fingerprint density at radius 3 is 3.00 bits per heavy atom. The van der Waals surface area contributed by atoms with Gasteiger partial charge in [-0.25, -0.2) is 0 Å². The lowest BCUT2D eigenvalue weighted by atomic mass is 9.74. The second kappa shape index (κ2) is 7.09. The lowest BCUT2D eigenvalue weighted by molar-refractivity contribution is -0.0821. The van der Waals surface area contributed by atoms with Gasteiger partial charge in [0.2, 0.25) is 0 Å². The van der Waals surface area contributed by atoms with E-state index in [1.165, 1.54) is 0 Å². The van der Waals surface area contributed by atoms with Crippen LogP contribution in [0.25, 0.3) is 10.9 Å². The Kier molecular flexibility index (Phi) is 5.08. The fourth-order valence-corrected chi connectivity index (χ4v) is 3.87. The summed E-state index contributed by atoms with van der Waals surface area (Å²) in [4.78, 5) is 2.30. The van der Waals surface area contributed by atoms with E-state index in [2.05, 4.69) is 22.0 Å². The van der Waals surface area contributed by atoms with Crippen molar-refractivity contribution in [2.24, 2.45) is 5.41 Å². The number of fused-ring (bicyclic) bond motifs is 1. The minimum absolute atomic E-state index is 0.0239. The van der Waals surface area contributed by atoms with E-state index in [4.69, 9.17) is 4.74 Å². The summed E-state index contributed by atoms with van der Waals surface area (Å²) in [5.74, 6) is 0.815. The maximum atomic E-state index is 10.4. The average molecular weight is 333 g/mol. The molecule has 1 saturated heterocycles. The Morgan fingerprint density at radius 2 is 2.29 bits per heavy atom. The number of rotatable bonds is 6. The fraction of sp³-hybridized carbons (Fsp3) is 0.611. The van der Waals surface area contributed by atoms with Gasteiger partial charge in [0, 0.05) is 30.4 Å². The molecule has 1 aliphatic rings. The number of benzene rings is 1. The number of nitrogens with one attached hydrogen (secondary N) is 1. The van der Waals surface area contributed by atoms with Crippen LogP contribution in [0.15, 0.2) is 18.2 Å². The molecule has 2 aromatic rings. The highest BCUT2D eigenvalue weighted by Gasteiger charge is 2.41. The number of aromatic nitrogens is 2. The first-order chi connectivity index (χ1) is 11.6. The van der Waals surface area contributed by atoms with Gasteiger partial charge in [-0.3, -0.25) is 10.00 Å². The summed E-state index contributed by atoms with van der Waals surface area (Å²) >= 11 is 0. The summed E-state index contributed by atoms with van der Waals surface area (Å²) in [6, 6.07) is 5.85. The van der Waals surface area contributed by atoms with E-state index in [9.17, 15) is 10.2 Å². The van der Waals surface area contributed by atoms with Crippen LogP contribution in [-0.2, 0) is 6.54 Å². The molecule has 0 bridgehead atoms. The molecule has 0 spiro atoms. The van der Waals surface area contributed by atoms with Gasteiger partial charge in [-0.2, -0.15) is 5.10 Å².